The highest BCUT2D eigenvalue weighted by molar-refractivity contribution is 5.58. The smallest absolute Gasteiger partial charge is 0.0958 e. The van der Waals surface area contributed by atoms with Gasteiger partial charge in [-0.05, 0) is 27.8 Å². The lowest BCUT2D eigenvalue weighted by atomic mass is 9.78. The molecule has 0 fully saturated rings. The molecule has 0 saturated carbocycles. The van der Waals surface area contributed by atoms with Crippen LogP contribution in [0, 0.1) is 0 Å². The standard InChI is InChI=1S/C26H21N/c1-4-12-20(13-5-1)25-23-18-10-11-19-24(23)26(27-25,21-14-6-2-7-15-21)22-16-8-3-9-17-22/h1-19,25,27H. The summed E-state index contributed by atoms with van der Waals surface area (Å²) >= 11 is 0. The molecule has 1 heteroatoms. The molecule has 0 amide bonds. The predicted molar refractivity (Wildman–Crippen MR) is 111 cm³/mol. The Labute approximate surface area is 160 Å². The minimum Gasteiger partial charge on any atom is -0.289 e. The van der Waals surface area contributed by atoms with Gasteiger partial charge in [-0.1, -0.05) is 115 Å². The lowest BCUT2D eigenvalue weighted by Crippen LogP contribution is -2.40. The summed E-state index contributed by atoms with van der Waals surface area (Å²) in [6, 6.07) is 41.3. The van der Waals surface area contributed by atoms with Crippen molar-refractivity contribution in [2.24, 2.45) is 0 Å². The second-order valence-electron chi connectivity index (χ2n) is 7.06. The van der Waals surface area contributed by atoms with Crippen LogP contribution in [-0.4, -0.2) is 0 Å². The molecule has 27 heavy (non-hydrogen) atoms. The number of fused-ring (bicyclic) bond motifs is 1. The highest BCUT2D eigenvalue weighted by Gasteiger charge is 2.45. The van der Waals surface area contributed by atoms with Gasteiger partial charge in [-0.2, -0.15) is 0 Å². The van der Waals surface area contributed by atoms with Crippen LogP contribution < -0.4 is 5.32 Å². The summed E-state index contributed by atoms with van der Waals surface area (Å²) in [4.78, 5) is 0. The van der Waals surface area contributed by atoms with Gasteiger partial charge < -0.3 is 0 Å². The van der Waals surface area contributed by atoms with Crippen molar-refractivity contribution in [1.29, 1.82) is 0 Å². The van der Waals surface area contributed by atoms with Crippen LogP contribution in [0.1, 0.15) is 33.9 Å². The summed E-state index contributed by atoms with van der Waals surface area (Å²) < 4.78 is 0. The zero-order valence-electron chi connectivity index (χ0n) is 15.0. The maximum absolute atomic E-state index is 4.02. The molecule has 1 atom stereocenters. The highest BCUT2D eigenvalue weighted by Crippen LogP contribution is 2.48. The van der Waals surface area contributed by atoms with Crippen LogP contribution in [0.25, 0.3) is 0 Å². The van der Waals surface area contributed by atoms with Crippen molar-refractivity contribution in [3.63, 3.8) is 0 Å². The fourth-order valence-electron chi connectivity index (χ4n) is 4.39. The van der Waals surface area contributed by atoms with Crippen LogP contribution >= 0.6 is 0 Å². The van der Waals surface area contributed by atoms with Gasteiger partial charge in [0, 0.05) is 0 Å². The summed E-state index contributed by atoms with van der Waals surface area (Å²) in [5.41, 5.74) is 6.13. The van der Waals surface area contributed by atoms with E-state index in [2.05, 4.69) is 121 Å². The molecule has 0 aromatic heterocycles. The van der Waals surface area contributed by atoms with Crippen molar-refractivity contribution in [3.05, 3.63) is 143 Å². The van der Waals surface area contributed by atoms with E-state index in [1.807, 2.05) is 0 Å². The van der Waals surface area contributed by atoms with Gasteiger partial charge in [0.25, 0.3) is 0 Å². The van der Waals surface area contributed by atoms with E-state index in [1.165, 1.54) is 27.8 Å². The molecule has 1 aliphatic rings. The number of hydrogen-bond donors (Lipinski definition) is 1. The van der Waals surface area contributed by atoms with Gasteiger partial charge in [-0.3, -0.25) is 5.32 Å². The Kier molecular flexibility index (Phi) is 3.88. The Balaban J connectivity index is 1.80. The zero-order valence-corrected chi connectivity index (χ0v) is 15.0. The average molecular weight is 347 g/mol. The van der Waals surface area contributed by atoms with Gasteiger partial charge in [0.05, 0.1) is 11.6 Å². The van der Waals surface area contributed by atoms with Crippen molar-refractivity contribution in [2.75, 3.05) is 0 Å². The van der Waals surface area contributed by atoms with Crippen molar-refractivity contribution >= 4 is 0 Å². The van der Waals surface area contributed by atoms with Gasteiger partial charge in [0.15, 0.2) is 0 Å². The second kappa shape index (κ2) is 6.53. The van der Waals surface area contributed by atoms with Crippen molar-refractivity contribution in [2.45, 2.75) is 11.6 Å². The largest absolute Gasteiger partial charge is 0.289 e. The summed E-state index contributed by atoms with van der Waals surface area (Å²) in [5, 5.41) is 4.02. The fraction of sp³-hybridized carbons (Fsp3) is 0.0769. The molecule has 130 valence electrons. The Morgan fingerprint density at radius 3 is 1.59 bits per heavy atom. The first-order chi connectivity index (χ1) is 13.4. The lowest BCUT2D eigenvalue weighted by Gasteiger charge is -2.33. The average Bonchev–Trinajstić information content (AvgIpc) is 3.12. The molecule has 0 spiro atoms. The third-order valence-corrected chi connectivity index (χ3v) is 5.58. The summed E-state index contributed by atoms with van der Waals surface area (Å²) in [7, 11) is 0. The van der Waals surface area contributed by atoms with Crippen molar-refractivity contribution < 1.29 is 0 Å². The van der Waals surface area contributed by atoms with Crippen molar-refractivity contribution in [1.82, 2.24) is 5.32 Å². The minimum atomic E-state index is -0.361. The first-order valence-electron chi connectivity index (χ1n) is 9.43. The van der Waals surface area contributed by atoms with Gasteiger partial charge in [0.2, 0.25) is 0 Å². The van der Waals surface area contributed by atoms with Gasteiger partial charge >= 0.3 is 0 Å². The third-order valence-electron chi connectivity index (χ3n) is 5.58. The molecule has 4 aromatic carbocycles. The third kappa shape index (κ3) is 2.51. The van der Waals surface area contributed by atoms with Gasteiger partial charge in [0.1, 0.15) is 0 Å². The monoisotopic (exact) mass is 347 g/mol. The molecule has 0 bridgehead atoms. The maximum atomic E-state index is 4.02. The molecule has 1 nitrogen and oxygen atoms in total. The fourth-order valence-corrected chi connectivity index (χ4v) is 4.39. The van der Waals surface area contributed by atoms with Gasteiger partial charge in [-0.15, -0.1) is 0 Å². The van der Waals surface area contributed by atoms with E-state index >= 15 is 0 Å². The number of rotatable bonds is 3. The number of nitrogens with one attached hydrogen (secondary N) is 1. The summed E-state index contributed by atoms with van der Waals surface area (Å²) in [6.45, 7) is 0. The lowest BCUT2D eigenvalue weighted by molar-refractivity contribution is 0.482. The second-order valence-corrected chi connectivity index (χ2v) is 7.06. The van der Waals surface area contributed by atoms with E-state index in [0.717, 1.165) is 0 Å². The van der Waals surface area contributed by atoms with E-state index in [9.17, 15) is 0 Å². The number of benzene rings is 4. The van der Waals surface area contributed by atoms with Crippen molar-refractivity contribution in [3.8, 4) is 0 Å². The Morgan fingerprint density at radius 1 is 0.519 bits per heavy atom. The van der Waals surface area contributed by atoms with Crippen LogP contribution in [0.2, 0.25) is 0 Å². The Morgan fingerprint density at radius 2 is 1.00 bits per heavy atom. The Bertz CT molecular complexity index is 1000. The van der Waals surface area contributed by atoms with Crippen LogP contribution in [-0.2, 0) is 5.54 Å². The molecular formula is C26H21N. The van der Waals surface area contributed by atoms with E-state index in [-0.39, 0.29) is 11.6 Å². The van der Waals surface area contributed by atoms with Crippen LogP contribution in [0.4, 0.5) is 0 Å². The van der Waals surface area contributed by atoms with Gasteiger partial charge in [-0.25, -0.2) is 0 Å². The van der Waals surface area contributed by atoms with E-state index < -0.39 is 0 Å². The highest BCUT2D eigenvalue weighted by atomic mass is 15.1. The Hall–Kier alpha value is -3.16. The van der Waals surface area contributed by atoms with E-state index in [1.54, 1.807) is 0 Å². The molecule has 5 rings (SSSR count). The maximum Gasteiger partial charge on any atom is 0.0958 e. The molecule has 0 radical (unpaired) electrons. The zero-order chi connectivity index (χ0) is 18.1. The van der Waals surface area contributed by atoms with E-state index in [4.69, 9.17) is 0 Å². The van der Waals surface area contributed by atoms with Crippen LogP contribution in [0.15, 0.2) is 115 Å². The number of hydrogen-bond acceptors (Lipinski definition) is 1. The quantitative estimate of drug-likeness (QED) is 0.503. The molecule has 1 aliphatic heterocycles. The SMILES string of the molecule is c1ccc(C2NC(c3ccccc3)(c3ccccc3)c3ccccc32)cc1. The molecule has 4 aromatic rings. The first-order valence-corrected chi connectivity index (χ1v) is 9.43. The molecule has 0 aliphatic carbocycles. The van der Waals surface area contributed by atoms with Crippen LogP contribution in [0.5, 0.6) is 0 Å². The molecule has 1 N–H and O–H groups in total. The van der Waals surface area contributed by atoms with E-state index in [0.29, 0.717) is 0 Å². The topological polar surface area (TPSA) is 12.0 Å². The molecular weight excluding hydrogens is 326 g/mol. The predicted octanol–water partition coefficient (Wildman–Crippen LogP) is 5.67. The molecule has 0 saturated heterocycles. The molecule has 1 unspecified atom stereocenters. The normalized spacial score (nSPS) is 17.4. The first kappa shape index (κ1) is 16.0. The summed E-state index contributed by atoms with van der Waals surface area (Å²) in [6.07, 6.45) is 0. The minimum absolute atomic E-state index is 0.155. The summed E-state index contributed by atoms with van der Waals surface area (Å²) in [5.74, 6) is 0. The molecule has 1 heterocycles. The van der Waals surface area contributed by atoms with Crippen LogP contribution in [0.3, 0.4) is 0 Å².